The summed E-state index contributed by atoms with van der Waals surface area (Å²) in [6, 6.07) is 0. The van der Waals surface area contributed by atoms with Crippen LogP contribution >= 0.6 is 23.2 Å². The Morgan fingerprint density at radius 2 is 1.55 bits per heavy atom. The average Bonchev–Trinajstić information content (AvgIpc) is 1.89. The molecule has 0 nitrogen and oxygen atoms in total. The Morgan fingerprint density at radius 3 is 1.64 bits per heavy atom. The van der Waals surface area contributed by atoms with Crippen molar-refractivity contribution >= 4 is 23.2 Å². The second-order valence-corrected chi connectivity index (χ2v) is 3.09. The van der Waals surface area contributed by atoms with Gasteiger partial charge in [0.1, 0.15) is 0 Å². The van der Waals surface area contributed by atoms with E-state index in [1.807, 2.05) is 0 Å². The molecule has 0 aliphatic heterocycles. The topological polar surface area (TPSA) is 0 Å². The highest BCUT2D eigenvalue weighted by Crippen LogP contribution is 2.43. The van der Waals surface area contributed by atoms with Gasteiger partial charge in [0, 0.05) is 5.92 Å². The van der Waals surface area contributed by atoms with Crippen molar-refractivity contribution in [3.63, 3.8) is 0 Å². The fourth-order valence-electron chi connectivity index (χ4n) is 0.828. The molecule has 4 heteroatoms. The van der Waals surface area contributed by atoms with Crippen LogP contribution in [0.1, 0.15) is 26.7 Å². The van der Waals surface area contributed by atoms with Gasteiger partial charge >= 0.3 is 0 Å². The summed E-state index contributed by atoms with van der Waals surface area (Å²) in [6.07, 6.45) is 0.596. The van der Waals surface area contributed by atoms with E-state index in [4.69, 9.17) is 23.2 Å². The zero-order valence-corrected chi connectivity index (χ0v) is 7.94. The van der Waals surface area contributed by atoms with Gasteiger partial charge in [-0.25, -0.2) is 8.78 Å². The molecule has 11 heavy (non-hydrogen) atoms. The molecule has 2 radical (unpaired) electrons. The fourth-order valence-corrected chi connectivity index (χ4v) is 1.09. The third kappa shape index (κ3) is 2.75. The van der Waals surface area contributed by atoms with Crippen LogP contribution in [0, 0.1) is 10.8 Å². The van der Waals surface area contributed by atoms with Gasteiger partial charge in [-0.05, 0) is 12.8 Å². The van der Waals surface area contributed by atoms with Crippen molar-refractivity contribution in [2.24, 2.45) is 0 Å². The first kappa shape index (κ1) is 11.4. The summed E-state index contributed by atoms with van der Waals surface area (Å²) >= 11 is 10.1. The van der Waals surface area contributed by atoms with E-state index in [2.05, 4.69) is 0 Å². The number of halogens is 4. The molecular formula is C7H10Cl2F2. The van der Waals surface area contributed by atoms with E-state index in [1.54, 1.807) is 13.8 Å². The first-order valence-electron chi connectivity index (χ1n) is 3.38. The van der Waals surface area contributed by atoms with Crippen LogP contribution in [0.4, 0.5) is 8.78 Å². The third-order valence-corrected chi connectivity index (χ3v) is 2.01. The van der Waals surface area contributed by atoms with Gasteiger partial charge in [-0.3, -0.25) is 0 Å². The molecule has 0 aromatic rings. The molecule has 0 spiro atoms. The highest BCUT2D eigenvalue weighted by molar-refractivity contribution is 6.53. The molecule has 0 amide bonds. The first-order chi connectivity index (χ1) is 4.96. The molecule has 0 saturated carbocycles. The third-order valence-electron chi connectivity index (χ3n) is 1.53. The Hall–Kier alpha value is 0.440. The van der Waals surface area contributed by atoms with E-state index < -0.39 is 10.8 Å². The van der Waals surface area contributed by atoms with Crippen molar-refractivity contribution < 1.29 is 8.78 Å². The summed E-state index contributed by atoms with van der Waals surface area (Å²) < 4.78 is 25.7. The molecule has 0 aliphatic rings. The van der Waals surface area contributed by atoms with Crippen molar-refractivity contribution in [2.45, 2.75) is 32.6 Å². The molecule has 66 valence electrons. The molecule has 0 aromatic heterocycles. The Morgan fingerprint density at radius 1 is 1.18 bits per heavy atom. The normalized spacial score (nSPS) is 13.1. The summed E-state index contributed by atoms with van der Waals surface area (Å²) in [5.74, 6) is -3.05. The van der Waals surface area contributed by atoms with Crippen LogP contribution < -0.4 is 0 Å². The Labute approximate surface area is 75.9 Å². The SMILES string of the molecule is CC[C](CC)C(F)(F)[C](Cl)Cl. The molecule has 0 bridgehead atoms. The predicted octanol–water partition coefficient (Wildman–Crippen LogP) is 3.98. The maximum absolute atomic E-state index is 12.9. The van der Waals surface area contributed by atoms with Crippen LogP contribution in [-0.4, -0.2) is 5.92 Å². The molecule has 0 N–H and O–H groups in total. The van der Waals surface area contributed by atoms with E-state index in [-0.39, 0.29) is 5.92 Å². The molecule has 0 fully saturated rings. The maximum atomic E-state index is 12.9. The first-order valence-corrected chi connectivity index (χ1v) is 4.13. The van der Waals surface area contributed by atoms with Gasteiger partial charge in [0.05, 0.1) is 0 Å². The zero-order chi connectivity index (χ0) is 9.07. The Balaban J connectivity index is 4.24. The van der Waals surface area contributed by atoms with E-state index >= 15 is 0 Å². The monoisotopic (exact) mass is 202 g/mol. The van der Waals surface area contributed by atoms with Crippen LogP contribution in [0.3, 0.4) is 0 Å². The summed E-state index contributed by atoms with van der Waals surface area (Å²) in [6.45, 7) is 3.31. The van der Waals surface area contributed by atoms with Gasteiger partial charge in [-0.2, -0.15) is 0 Å². The van der Waals surface area contributed by atoms with E-state index in [9.17, 15) is 8.78 Å². The Bertz CT molecular complexity index is 111. The number of alkyl halides is 2. The summed E-state index contributed by atoms with van der Waals surface area (Å²) in [5.41, 5.74) is 0. The second-order valence-electron chi connectivity index (χ2n) is 2.15. The molecule has 0 rings (SSSR count). The van der Waals surface area contributed by atoms with E-state index in [0.29, 0.717) is 12.8 Å². The van der Waals surface area contributed by atoms with Crippen molar-refractivity contribution in [2.75, 3.05) is 0 Å². The largest absolute Gasteiger partial charge is 0.289 e. The molecular weight excluding hydrogens is 193 g/mol. The highest BCUT2D eigenvalue weighted by atomic mass is 35.5. The Kier molecular flexibility index (Phi) is 4.64. The van der Waals surface area contributed by atoms with Crippen LogP contribution in [0.5, 0.6) is 0 Å². The van der Waals surface area contributed by atoms with Crippen LogP contribution in [0.2, 0.25) is 0 Å². The van der Waals surface area contributed by atoms with Gasteiger partial charge in [-0.15, -0.1) is 0 Å². The molecule has 0 aromatic carbocycles. The smallest absolute Gasteiger partial charge is 0.203 e. The minimum Gasteiger partial charge on any atom is -0.203 e. The minimum absolute atomic E-state index is 0.0671. The van der Waals surface area contributed by atoms with Crippen molar-refractivity contribution in [3.05, 3.63) is 10.8 Å². The summed E-state index contributed by atoms with van der Waals surface area (Å²) in [7, 11) is 0. The lowest BCUT2D eigenvalue weighted by Gasteiger charge is -2.23. The van der Waals surface area contributed by atoms with E-state index in [0.717, 1.165) is 0 Å². The van der Waals surface area contributed by atoms with Gasteiger partial charge in [0.25, 0.3) is 5.92 Å². The minimum atomic E-state index is -3.12. The fraction of sp³-hybridized carbons (Fsp3) is 0.714. The van der Waals surface area contributed by atoms with Gasteiger partial charge in [0.15, 0.2) is 0 Å². The average molecular weight is 203 g/mol. The van der Waals surface area contributed by atoms with Crippen molar-refractivity contribution in [3.8, 4) is 0 Å². The lowest BCUT2D eigenvalue weighted by molar-refractivity contribution is 0.0477. The number of hydrogen-bond acceptors (Lipinski definition) is 0. The highest BCUT2D eigenvalue weighted by Gasteiger charge is 2.45. The maximum Gasteiger partial charge on any atom is 0.289 e. The molecule has 0 aliphatic carbocycles. The second kappa shape index (κ2) is 4.46. The van der Waals surface area contributed by atoms with E-state index in [1.165, 1.54) is 0 Å². The van der Waals surface area contributed by atoms with Gasteiger partial charge in [0.2, 0.25) is 4.84 Å². The van der Waals surface area contributed by atoms with Gasteiger partial charge in [-0.1, -0.05) is 37.0 Å². The predicted molar refractivity (Wildman–Crippen MR) is 43.7 cm³/mol. The number of hydrogen-bond donors (Lipinski definition) is 0. The number of rotatable bonds is 4. The van der Waals surface area contributed by atoms with Crippen LogP contribution in [0.15, 0.2) is 0 Å². The lowest BCUT2D eigenvalue weighted by Crippen LogP contribution is -2.27. The molecule has 0 heterocycles. The van der Waals surface area contributed by atoms with Crippen LogP contribution in [0.25, 0.3) is 0 Å². The molecule has 0 saturated heterocycles. The van der Waals surface area contributed by atoms with Crippen LogP contribution in [-0.2, 0) is 0 Å². The van der Waals surface area contributed by atoms with Crippen molar-refractivity contribution in [1.82, 2.24) is 0 Å². The quantitative estimate of drug-likeness (QED) is 0.648. The summed E-state index contributed by atoms with van der Waals surface area (Å²) in [5, 5.41) is 0. The molecule has 0 unspecified atom stereocenters. The molecule has 0 atom stereocenters. The zero-order valence-electron chi connectivity index (χ0n) is 6.43. The summed E-state index contributed by atoms with van der Waals surface area (Å²) in [4.78, 5) is -0.865. The lowest BCUT2D eigenvalue weighted by atomic mass is 9.97. The van der Waals surface area contributed by atoms with Crippen molar-refractivity contribution in [1.29, 1.82) is 0 Å². The van der Waals surface area contributed by atoms with Gasteiger partial charge < -0.3 is 0 Å². The standard InChI is InChI=1S/C7H10Cl2F2/c1-3-5(4-2)7(10,11)6(8)9/h3-4H2,1-2H3.